The number of hydrogen-bond donors (Lipinski definition) is 2. The van der Waals surface area contributed by atoms with Crippen LogP contribution in [-0.4, -0.2) is 24.3 Å². The summed E-state index contributed by atoms with van der Waals surface area (Å²) < 4.78 is 5.49. The van der Waals surface area contributed by atoms with Crippen LogP contribution in [0.5, 0.6) is 5.75 Å². The number of aliphatic hydroxyl groups excluding tert-OH is 1. The number of hydrogen-bond acceptors (Lipinski definition) is 3. The van der Waals surface area contributed by atoms with Crippen LogP contribution in [-0.2, 0) is 0 Å². The molecule has 0 saturated heterocycles. The number of nitrogens with one attached hydrogen (secondary N) is 1. The minimum absolute atomic E-state index is 0.336. The second kappa shape index (κ2) is 7.49. The van der Waals surface area contributed by atoms with Crippen LogP contribution < -0.4 is 10.1 Å². The van der Waals surface area contributed by atoms with Crippen molar-refractivity contribution in [2.75, 3.05) is 19.2 Å². The van der Waals surface area contributed by atoms with Crippen LogP contribution in [0.15, 0.2) is 24.3 Å². The van der Waals surface area contributed by atoms with Gasteiger partial charge in [-0.2, -0.15) is 0 Å². The van der Waals surface area contributed by atoms with Crippen molar-refractivity contribution < 1.29 is 9.84 Å². The van der Waals surface area contributed by atoms with E-state index in [0.29, 0.717) is 19.2 Å². The molecule has 0 amide bonds. The molecule has 3 nitrogen and oxygen atoms in total. The quantitative estimate of drug-likeness (QED) is 0.570. The maximum absolute atomic E-state index is 9.82. The Bertz CT molecular complexity index is 307. The first-order chi connectivity index (χ1) is 7.77. The largest absolute Gasteiger partial charge is 0.494 e. The molecule has 1 rings (SSSR count). The number of benzene rings is 1. The fourth-order valence-electron chi connectivity index (χ4n) is 1.34. The maximum Gasteiger partial charge on any atom is 0.119 e. The molecule has 0 aliphatic heterocycles. The van der Waals surface area contributed by atoms with Gasteiger partial charge >= 0.3 is 0 Å². The van der Waals surface area contributed by atoms with Gasteiger partial charge < -0.3 is 15.2 Å². The average molecular weight is 244 g/mol. The summed E-state index contributed by atoms with van der Waals surface area (Å²) in [4.78, 5) is 0. The standard InChI is InChI=1S/C12H18ClNO2/c1-2-6-16-11-5-3-4-10(7-11)12(15)8-14-9-13/h3-5,7,12,14-15H,2,6,8-9H2,1H3. The third-order valence-corrected chi connectivity index (χ3v) is 2.34. The topological polar surface area (TPSA) is 41.5 Å². The predicted molar refractivity (Wildman–Crippen MR) is 65.9 cm³/mol. The molecule has 0 aromatic heterocycles. The summed E-state index contributed by atoms with van der Waals surface area (Å²) >= 11 is 5.49. The highest BCUT2D eigenvalue weighted by Gasteiger charge is 2.07. The summed E-state index contributed by atoms with van der Waals surface area (Å²) in [5, 5.41) is 12.7. The summed E-state index contributed by atoms with van der Waals surface area (Å²) in [6, 6.07) is 7.84. The minimum Gasteiger partial charge on any atom is -0.494 e. The molecule has 0 heterocycles. The molecular formula is C12H18ClNO2. The monoisotopic (exact) mass is 243 g/mol. The van der Waals surface area contributed by atoms with Gasteiger partial charge in [-0.15, -0.1) is 11.6 Å². The number of alkyl halides is 1. The van der Waals surface area contributed by atoms with Crippen molar-refractivity contribution in [2.24, 2.45) is 0 Å². The van der Waals surface area contributed by atoms with E-state index in [9.17, 15) is 5.11 Å². The van der Waals surface area contributed by atoms with E-state index in [2.05, 4.69) is 12.2 Å². The van der Waals surface area contributed by atoms with Gasteiger partial charge in [0, 0.05) is 6.54 Å². The van der Waals surface area contributed by atoms with Crippen molar-refractivity contribution in [3.8, 4) is 5.75 Å². The lowest BCUT2D eigenvalue weighted by atomic mass is 10.1. The first-order valence-corrected chi connectivity index (χ1v) is 5.99. The lowest BCUT2D eigenvalue weighted by Crippen LogP contribution is -2.19. The Morgan fingerprint density at radius 3 is 3.00 bits per heavy atom. The molecule has 0 saturated carbocycles. The second-order valence-corrected chi connectivity index (χ2v) is 3.79. The van der Waals surface area contributed by atoms with Gasteiger partial charge in [0.2, 0.25) is 0 Å². The Morgan fingerprint density at radius 2 is 2.31 bits per heavy atom. The first kappa shape index (κ1) is 13.3. The molecule has 0 aliphatic carbocycles. The van der Waals surface area contributed by atoms with Crippen molar-refractivity contribution in [2.45, 2.75) is 19.4 Å². The van der Waals surface area contributed by atoms with Crippen molar-refractivity contribution in [3.63, 3.8) is 0 Å². The number of halogens is 1. The van der Waals surface area contributed by atoms with Crippen LogP contribution in [0.2, 0.25) is 0 Å². The van der Waals surface area contributed by atoms with E-state index in [4.69, 9.17) is 16.3 Å². The third-order valence-electron chi connectivity index (χ3n) is 2.15. The molecule has 2 N–H and O–H groups in total. The molecule has 0 radical (unpaired) electrons. The van der Waals surface area contributed by atoms with Crippen molar-refractivity contribution >= 4 is 11.6 Å². The van der Waals surface area contributed by atoms with Crippen molar-refractivity contribution in [3.05, 3.63) is 29.8 Å². The fraction of sp³-hybridized carbons (Fsp3) is 0.500. The summed E-state index contributed by atoms with van der Waals surface area (Å²) in [5.41, 5.74) is 0.839. The summed E-state index contributed by atoms with van der Waals surface area (Å²) in [6.07, 6.45) is 0.421. The van der Waals surface area contributed by atoms with Crippen LogP contribution in [0, 0.1) is 0 Å². The molecule has 90 valence electrons. The van der Waals surface area contributed by atoms with Crippen molar-refractivity contribution in [1.82, 2.24) is 5.32 Å². The molecular weight excluding hydrogens is 226 g/mol. The van der Waals surface area contributed by atoms with E-state index in [-0.39, 0.29) is 0 Å². The zero-order valence-electron chi connectivity index (χ0n) is 9.45. The van der Waals surface area contributed by atoms with Gasteiger partial charge in [0.05, 0.1) is 18.7 Å². The number of aliphatic hydroxyl groups is 1. The fourth-order valence-corrected chi connectivity index (χ4v) is 1.45. The van der Waals surface area contributed by atoms with Crippen molar-refractivity contribution in [1.29, 1.82) is 0 Å². The zero-order valence-corrected chi connectivity index (χ0v) is 10.2. The normalized spacial score (nSPS) is 12.4. The molecule has 0 spiro atoms. The molecule has 16 heavy (non-hydrogen) atoms. The van der Waals surface area contributed by atoms with E-state index >= 15 is 0 Å². The highest BCUT2D eigenvalue weighted by molar-refractivity contribution is 6.17. The Hall–Kier alpha value is -0.770. The SMILES string of the molecule is CCCOc1cccc(C(O)CNCCl)c1. The molecule has 0 fully saturated rings. The highest BCUT2D eigenvalue weighted by Crippen LogP contribution is 2.19. The van der Waals surface area contributed by atoms with Crippen LogP contribution in [0.3, 0.4) is 0 Å². The van der Waals surface area contributed by atoms with Gasteiger partial charge in [0.1, 0.15) is 5.75 Å². The predicted octanol–water partition coefficient (Wildman–Crippen LogP) is 2.29. The van der Waals surface area contributed by atoms with Gasteiger partial charge in [0.15, 0.2) is 0 Å². The van der Waals surface area contributed by atoms with Crippen LogP contribution in [0.4, 0.5) is 0 Å². The third kappa shape index (κ3) is 4.39. The minimum atomic E-state index is -0.552. The van der Waals surface area contributed by atoms with Gasteiger partial charge in [-0.1, -0.05) is 19.1 Å². The van der Waals surface area contributed by atoms with Crippen LogP contribution in [0.25, 0.3) is 0 Å². The Labute approximate surface area is 101 Å². The van der Waals surface area contributed by atoms with Gasteiger partial charge in [-0.3, -0.25) is 0 Å². The Balaban J connectivity index is 2.58. The van der Waals surface area contributed by atoms with Crippen LogP contribution in [0.1, 0.15) is 25.0 Å². The Kier molecular flexibility index (Phi) is 6.23. The second-order valence-electron chi connectivity index (χ2n) is 3.52. The number of rotatable bonds is 7. The number of ether oxygens (including phenoxy) is 1. The Morgan fingerprint density at radius 1 is 1.50 bits per heavy atom. The summed E-state index contributed by atoms with van der Waals surface area (Å²) in [7, 11) is 0. The summed E-state index contributed by atoms with van der Waals surface area (Å²) in [5.74, 6) is 0.796. The summed E-state index contributed by atoms with van der Waals surface area (Å²) in [6.45, 7) is 3.20. The molecule has 4 heteroatoms. The lowest BCUT2D eigenvalue weighted by molar-refractivity contribution is 0.176. The van der Waals surface area contributed by atoms with E-state index in [1.165, 1.54) is 0 Å². The van der Waals surface area contributed by atoms with E-state index in [1.807, 2.05) is 24.3 Å². The molecule has 0 bridgehead atoms. The van der Waals surface area contributed by atoms with E-state index in [0.717, 1.165) is 17.7 Å². The lowest BCUT2D eigenvalue weighted by Gasteiger charge is -2.12. The van der Waals surface area contributed by atoms with Crippen LogP contribution >= 0.6 is 11.6 Å². The highest BCUT2D eigenvalue weighted by atomic mass is 35.5. The van der Waals surface area contributed by atoms with E-state index in [1.54, 1.807) is 0 Å². The zero-order chi connectivity index (χ0) is 11.8. The molecule has 1 aromatic rings. The molecule has 1 aromatic carbocycles. The van der Waals surface area contributed by atoms with Gasteiger partial charge in [-0.05, 0) is 24.1 Å². The van der Waals surface area contributed by atoms with Gasteiger partial charge in [-0.25, -0.2) is 0 Å². The first-order valence-electron chi connectivity index (χ1n) is 5.45. The molecule has 1 unspecified atom stereocenters. The maximum atomic E-state index is 9.82. The smallest absolute Gasteiger partial charge is 0.119 e. The average Bonchev–Trinajstić information content (AvgIpc) is 2.33. The molecule has 0 aliphatic rings. The van der Waals surface area contributed by atoms with Gasteiger partial charge in [0.25, 0.3) is 0 Å². The molecule has 1 atom stereocenters. The van der Waals surface area contributed by atoms with E-state index < -0.39 is 6.10 Å².